The lowest BCUT2D eigenvalue weighted by molar-refractivity contribution is -0.146. The number of nitrogens with zero attached hydrogens (tertiary/aromatic N) is 1. The van der Waals surface area contributed by atoms with Crippen LogP contribution in [0.1, 0.15) is 43.2 Å². The molecule has 2 aromatic rings. The summed E-state index contributed by atoms with van der Waals surface area (Å²) in [5.74, 6) is 1.15. The van der Waals surface area contributed by atoms with E-state index in [1.165, 1.54) is 5.56 Å². The first kappa shape index (κ1) is 21.5. The van der Waals surface area contributed by atoms with Crippen LogP contribution in [0.4, 0.5) is 0 Å². The fourth-order valence-electron chi connectivity index (χ4n) is 5.63. The fraction of sp³-hybridized carbons (Fsp3) is 0.519. The van der Waals surface area contributed by atoms with Crippen molar-refractivity contribution in [3.63, 3.8) is 0 Å². The smallest absolute Gasteiger partial charge is 0.233 e. The molecule has 1 amide bonds. The lowest BCUT2D eigenvalue weighted by Gasteiger charge is -2.44. The zero-order chi connectivity index (χ0) is 22.0. The van der Waals surface area contributed by atoms with Gasteiger partial charge in [0.05, 0.1) is 17.6 Å². The topological polar surface area (TPSA) is 48.0 Å². The van der Waals surface area contributed by atoms with Gasteiger partial charge in [0.2, 0.25) is 5.91 Å². The molecule has 0 saturated carbocycles. The van der Waals surface area contributed by atoms with E-state index in [1.807, 2.05) is 30.3 Å². The molecule has 0 aliphatic carbocycles. The molecule has 170 valence electrons. The minimum absolute atomic E-state index is 0.0776. The number of carbonyl (C=O) groups is 1. The number of carbonyl (C=O) groups excluding carboxylic acids is 1. The van der Waals surface area contributed by atoms with Crippen LogP contribution in [0.5, 0.6) is 5.75 Å². The van der Waals surface area contributed by atoms with Gasteiger partial charge in [-0.1, -0.05) is 48.0 Å². The van der Waals surface area contributed by atoms with E-state index in [1.54, 1.807) is 0 Å². The second kappa shape index (κ2) is 8.87. The van der Waals surface area contributed by atoms with Gasteiger partial charge in [-0.3, -0.25) is 4.79 Å². The van der Waals surface area contributed by atoms with E-state index in [0.29, 0.717) is 19.8 Å². The predicted octanol–water partition coefficient (Wildman–Crippen LogP) is 4.27. The van der Waals surface area contributed by atoms with Gasteiger partial charge in [-0.15, -0.1) is 0 Å². The third-order valence-corrected chi connectivity index (χ3v) is 7.51. The third-order valence-electron chi connectivity index (χ3n) is 7.51. The second-order valence-corrected chi connectivity index (χ2v) is 9.61. The summed E-state index contributed by atoms with van der Waals surface area (Å²) in [6.45, 7) is 5.47. The minimum atomic E-state index is -0.468. The Balaban J connectivity index is 1.25. The number of rotatable bonds is 4. The van der Waals surface area contributed by atoms with Crippen LogP contribution in [0.2, 0.25) is 0 Å². The van der Waals surface area contributed by atoms with Crippen molar-refractivity contribution >= 4 is 5.91 Å². The van der Waals surface area contributed by atoms with Crippen molar-refractivity contribution in [1.29, 1.82) is 0 Å². The summed E-state index contributed by atoms with van der Waals surface area (Å²) in [5.41, 5.74) is 1.70. The van der Waals surface area contributed by atoms with Gasteiger partial charge in [0, 0.05) is 32.7 Å². The SMILES string of the molecule is Cc1cccc(C2(C(=O)N3CCC4(CC3)CC(Oc3ccccc3)CO4)CCOCC2)c1. The molecule has 32 heavy (non-hydrogen) atoms. The monoisotopic (exact) mass is 435 g/mol. The Labute approximate surface area is 190 Å². The molecule has 0 N–H and O–H groups in total. The summed E-state index contributed by atoms with van der Waals surface area (Å²) in [7, 11) is 0. The molecule has 2 aromatic carbocycles. The number of para-hydroxylation sites is 1. The van der Waals surface area contributed by atoms with Crippen LogP contribution < -0.4 is 4.74 Å². The molecule has 1 spiro atoms. The Bertz CT molecular complexity index is 930. The number of benzene rings is 2. The molecular weight excluding hydrogens is 402 g/mol. The fourth-order valence-corrected chi connectivity index (χ4v) is 5.63. The summed E-state index contributed by atoms with van der Waals surface area (Å²) in [6, 6.07) is 18.4. The van der Waals surface area contributed by atoms with Crippen molar-refractivity contribution in [2.45, 2.75) is 56.1 Å². The molecule has 3 aliphatic heterocycles. The predicted molar refractivity (Wildman–Crippen MR) is 123 cm³/mol. The maximum Gasteiger partial charge on any atom is 0.233 e. The second-order valence-electron chi connectivity index (χ2n) is 9.61. The third kappa shape index (κ3) is 4.16. The molecule has 1 unspecified atom stereocenters. The molecule has 3 saturated heterocycles. The van der Waals surface area contributed by atoms with Gasteiger partial charge >= 0.3 is 0 Å². The molecule has 0 bridgehead atoms. The number of hydrogen-bond acceptors (Lipinski definition) is 4. The summed E-state index contributed by atoms with van der Waals surface area (Å²) >= 11 is 0. The lowest BCUT2D eigenvalue weighted by atomic mass is 9.72. The average Bonchev–Trinajstić information content (AvgIpc) is 3.22. The lowest BCUT2D eigenvalue weighted by Crippen LogP contribution is -2.54. The van der Waals surface area contributed by atoms with E-state index in [2.05, 4.69) is 36.1 Å². The first-order valence-corrected chi connectivity index (χ1v) is 11.9. The van der Waals surface area contributed by atoms with Gasteiger partial charge in [0.1, 0.15) is 11.9 Å². The number of ether oxygens (including phenoxy) is 3. The Kier molecular flexibility index (Phi) is 5.95. The number of aryl methyl sites for hydroxylation is 1. The maximum atomic E-state index is 13.9. The van der Waals surface area contributed by atoms with Crippen molar-refractivity contribution < 1.29 is 19.0 Å². The van der Waals surface area contributed by atoms with Gasteiger partial charge in [0.15, 0.2) is 0 Å². The molecule has 5 nitrogen and oxygen atoms in total. The van der Waals surface area contributed by atoms with Gasteiger partial charge in [0.25, 0.3) is 0 Å². The zero-order valence-electron chi connectivity index (χ0n) is 18.9. The number of piperidine rings is 1. The van der Waals surface area contributed by atoms with Crippen molar-refractivity contribution in [3.8, 4) is 5.75 Å². The molecule has 1 atom stereocenters. The van der Waals surface area contributed by atoms with Crippen LogP contribution in [0.15, 0.2) is 54.6 Å². The number of hydrogen-bond donors (Lipinski definition) is 0. The minimum Gasteiger partial charge on any atom is -0.488 e. The van der Waals surface area contributed by atoms with Crippen LogP contribution in [-0.4, -0.2) is 55.4 Å². The van der Waals surface area contributed by atoms with E-state index in [9.17, 15) is 4.79 Å². The van der Waals surface area contributed by atoms with Crippen LogP contribution in [-0.2, 0) is 19.7 Å². The number of likely N-dealkylation sites (tertiary alicyclic amines) is 1. The molecule has 5 heteroatoms. The molecular formula is C27H33NO4. The average molecular weight is 436 g/mol. The molecule has 0 radical (unpaired) electrons. The first-order chi connectivity index (χ1) is 15.6. The Morgan fingerprint density at radius 1 is 1.00 bits per heavy atom. The van der Waals surface area contributed by atoms with E-state index in [-0.39, 0.29) is 17.6 Å². The van der Waals surface area contributed by atoms with Crippen LogP contribution in [0.25, 0.3) is 0 Å². The van der Waals surface area contributed by atoms with E-state index < -0.39 is 5.41 Å². The molecule has 3 fully saturated rings. The van der Waals surface area contributed by atoms with Crippen molar-refractivity contribution in [3.05, 3.63) is 65.7 Å². The van der Waals surface area contributed by atoms with Crippen LogP contribution in [0, 0.1) is 6.92 Å². The summed E-state index contributed by atoms with van der Waals surface area (Å²) in [6.07, 6.45) is 4.21. The van der Waals surface area contributed by atoms with Crippen LogP contribution in [0.3, 0.4) is 0 Å². The Hall–Kier alpha value is -2.37. The Morgan fingerprint density at radius 3 is 2.47 bits per heavy atom. The van der Waals surface area contributed by atoms with E-state index in [4.69, 9.17) is 14.2 Å². The summed E-state index contributed by atoms with van der Waals surface area (Å²) < 4.78 is 18.1. The largest absolute Gasteiger partial charge is 0.488 e. The van der Waals surface area contributed by atoms with Crippen molar-refractivity contribution in [1.82, 2.24) is 4.90 Å². The normalized spacial score (nSPS) is 24.4. The maximum absolute atomic E-state index is 13.9. The van der Waals surface area contributed by atoms with Crippen molar-refractivity contribution in [2.24, 2.45) is 0 Å². The quantitative estimate of drug-likeness (QED) is 0.720. The number of amides is 1. The van der Waals surface area contributed by atoms with Crippen molar-refractivity contribution in [2.75, 3.05) is 32.9 Å². The molecule has 5 rings (SSSR count). The highest BCUT2D eigenvalue weighted by molar-refractivity contribution is 5.88. The highest BCUT2D eigenvalue weighted by Gasteiger charge is 2.48. The molecule has 3 aliphatic rings. The van der Waals surface area contributed by atoms with Gasteiger partial charge < -0.3 is 19.1 Å². The van der Waals surface area contributed by atoms with E-state index >= 15 is 0 Å². The highest BCUT2D eigenvalue weighted by Crippen LogP contribution is 2.41. The zero-order valence-corrected chi connectivity index (χ0v) is 18.9. The van der Waals surface area contributed by atoms with Gasteiger partial charge in [-0.25, -0.2) is 0 Å². The van der Waals surface area contributed by atoms with Crippen LogP contribution >= 0.6 is 0 Å². The molecule has 3 heterocycles. The highest BCUT2D eigenvalue weighted by atomic mass is 16.6. The standard InChI is InChI=1S/C27H33NO4/c1-21-6-5-7-22(18-21)27(12-16-30-17-13-27)25(29)28-14-10-26(11-15-28)19-24(20-31-26)32-23-8-3-2-4-9-23/h2-9,18,24H,10-17,19-20H2,1H3. The van der Waals surface area contributed by atoms with Gasteiger partial charge in [-0.2, -0.15) is 0 Å². The molecule has 0 aromatic heterocycles. The Morgan fingerprint density at radius 2 is 1.75 bits per heavy atom. The summed E-state index contributed by atoms with van der Waals surface area (Å²) in [5, 5.41) is 0. The summed E-state index contributed by atoms with van der Waals surface area (Å²) in [4.78, 5) is 16.0. The first-order valence-electron chi connectivity index (χ1n) is 11.9. The van der Waals surface area contributed by atoms with E-state index in [0.717, 1.165) is 56.5 Å². The van der Waals surface area contributed by atoms with Gasteiger partial charge in [-0.05, 0) is 50.3 Å².